The molecule has 0 aliphatic heterocycles. The zero-order valence-electron chi connectivity index (χ0n) is 12.3. The van der Waals surface area contributed by atoms with Gasteiger partial charge >= 0.3 is 0 Å². The van der Waals surface area contributed by atoms with E-state index in [1.165, 1.54) is 4.88 Å². The van der Waals surface area contributed by atoms with Crippen LogP contribution >= 0.6 is 11.3 Å². The van der Waals surface area contributed by atoms with Crippen molar-refractivity contribution in [3.05, 3.63) is 51.0 Å². The lowest BCUT2D eigenvalue weighted by Gasteiger charge is -2.14. The molecule has 21 heavy (non-hydrogen) atoms. The Morgan fingerprint density at radius 2 is 2.24 bits per heavy atom. The number of nitriles is 1. The van der Waals surface area contributed by atoms with Crippen molar-refractivity contribution in [2.24, 2.45) is 0 Å². The van der Waals surface area contributed by atoms with E-state index in [0.29, 0.717) is 11.1 Å². The number of thiazole rings is 1. The molecule has 0 radical (unpaired) electrons. The Bertz CT molecular complexity index is 680. The standard InChI is InChI=1S/C16H17N3OS/c1-4-14(16-18-10(2)11(3)21-16)19-15(20)13-7-5-6-12(8-13)9-17/h5-8,14H,4H2,1-3H3,(H,19,20). The molecule has 1 amide bonds. The van der Waals surface area contributed by atoms with Gasteiger partial charge < -0.3 is 5.32 Å². The van der Waals surface area contributed by atoms with E-state index in [9.17, 15) is 4.79 Å². The number of benzene rings is 1. The van der Waals surface area contributed by atoms with Crippen LogP contribution in [0.25, 0.3) is 0 Å². The Kier molecular flexibility index (Phi) is 4.71. The Hall–Kier alpha value is -2.19. The predicted molar refractivity (Wildman–Crippen MR) is 83.2 cm³/mol. The van der Waals surface area contributed by atoms with Crippen molar-refractivity contribution >= 4 is 17.2 Å². The third kappa shape index (κ3) is 3.47. The number of hydrogen-bond acceptors (Lipinski definition) is 4. The second-order valence-electron chi connectivity index (χ2n) is 4.82. The van der Waals surface area contributed by atoms with E-state index in [4.69, 9.17) is 5.26 Å². The number of aromatic nitrogens is 1. The Balaban J connectivity index is 2.18. The maximum absolute atomic E-state index is 12.3. The molecule has 108 valence electrons. The van der Waals surface area contributed by atoms with Crippen molar-refractivity contribution in [1.82, 2.24) is 10.3 Å². The lowest BCUT2D eigenvalue weighted by molar-refractivity contribution is 0.0935. The van der Waals surface area contributed by atoms with Crippen LogP contribution in [-0.2, 0) is 0 Å². The molecule has 1 unspecified atom stereocenters. The molecule has 0 bridgehead atoms. The van der Waals surface area contributed by atoms with Crippen molar-refractivity contribution in [3.8, 4) is 6.07 Å². The third-order valence-corrected chi connectivity index (χ3v) is 4.50. The zero-order valence-corrected chi connectivity index (χ0v) is 13.1. The Morgan fingerprint density at radius 1 is 1.48 bits per heavy atom. The molecule has 1 N–H and O–H groups in total. The van der Waals surface area contributed by atoms with Crippen LogP contribution in [0.2, 0.25) is 0 Å². The van der Waals surface area contributed by atoms with Gasteiger partial charge in [0.05, 0.1) is 23.4 Å². The summed E-state index contributed by atoms with van der Waals surface area (Å²) in [5.41, 5.74) is 1.99. The summed E-state index contributed by atoms with van der Waals surface area (Å²) in [5.74, 6) is -0.176. The molecule has 0 aliphatic rings. The van der Waals surface area contributed by atoms with E-state index in [1.807, 2.05) is 26.8 Å². The highest BCUT2D eigenvalue weighted by Gasteiger charge is 2.18. The summed E-state index contributed by atoms with van der Waals surface area (Å²) < 4.78 is 0. The van der Waals surface area contributed by atoms with Gasteiger partial charge in [0.15, 0.2) is 0 Å². The van der Waals surface area contributed by atoms with Gasteiger partial charge in [-0.25, -0.2) is 4.98 Å². The maximum Gasteiger partial charge on any atom is 0.251 e. The van der Waals surface area contributed by atoms with Crippen molar-refractivity contribution in [2.75, 3.05) is 0 Å². The molecule has 1 heterocycles. The molecular formula is C16H17N3OS. The number of amides is 1. The van der Waals surface area contributed by atoms with Crippen LogP contribution in [0.3, 0.4) is 0 Å². The van der Waals surface area contributed by atoms with E-state index in [0.717, 1.165) is 17.1 Å². The minimum atomic E-state index is -0.176. The van der Waals surface area contributed by atoms with Gasteiger partial charge in [0, 0.05) is 10.4 Å². The number of rotatable bonds is 4. The van der Waals surface area contributed by atoms with Gasteiger partial charge in [-0.1, -0.05) is 13.0 Å². The van der Waals surface area contributed by atoms with Crippen molar-refractivity contribution in [3.63, 3.8) is 0 Å². The van der Waals surface area contributed by atoms with Gasteiger partial charge in [0.2, 0.25) is 0 Å². The summed E-state index contributed by atoms with van der Waals surface area (Å²) in [6.45, 7) is 6.02. The number of carbonyl (C=O) groups is 1. The third-order valence-electron chi connectivity index (χ3n) is 3.31. The largest absolute Gasteiger partial charge is 0.343 e. The summed E-state index contributed by atoms with van der Waals surface area (Å²) in [4.78, 5) is 18.0. The molecule has 0 aliphatic carbocycles. The first kappa shape index (κ1) is 15.2. The highest BCUT2D eigenvalue weighted by atomic mass is 32.1. The first-order chi connectivity index (χ1) is 10.0. The summed E-state index contributed by atoms with van der Waals surface area (Å²) >= 11 is 1.61. The van der Waals surface area contributed by atoms with Gasteiger partial charge in [-0.15, -0.1) is 11.3 Å². The SMILES string of the molecule is CCC(NC(=O)c1cccc(C#N)c1)c1nc(C)c(C)s1. The van der Waals surface area contributed by atoms with E-state index in [1.54, 1.807) is 35.6 Å². The van der Waals surface area contributed by atoms with Crippen molar-refractivity contribution in [2.45, 2.75) is 33.2 Å². The molecule has 1 aromatic heterocycles. The van der Waals surface area contributed by atoms with E-state index < -0.39 is 0 Å². The number of hydrogen-bond donors (Lipinski definition) is 1. The average Bonchev–Trinajstić information content (AvgIpc) is 2.83. The van der Waals surface area contributed by atoms with E-state index >= 15 is 0 Å². The molecule has 2 rings (SSSR count). The topological polar surface area (TPSA) is 65.8 Å². The Labute approximate surface area is 128 Å². The quantitative estimate of drug-likeness (QED) is 0.939. The second kappa shape index (κ2) is 6.51. The lowest BCUT2D eigenvalue weighted by atomic mass is 10.1. The molecule has 2 aromatic rings. The molecule has 0 fully saturated rings. The predicted octanol–water partition coefficient (Wildman–Crippen LogP) is 3.51. The van der Waals surface area contributed by atoms with Gasteiger partial charge in [-0.2, -0.15) is 5.26 Å². The van der Waals surface area contributed by atoms with Crippen molar-refractivity contribution < 1.29 is 4.79 Å². The van der Waals surface area contributed by atoms with Gasteiger partial charge in [-0.05, 0) is 38.5 Å². The highest BCUT2D eigenvalue weighted by Crippen LogP contribution is 2.25. The fourth-order valence-corrected chi connectivity index (χ4v) is 3.01. The highest BCUT2D eigenvalue weighted by molar-refractivity contribution is 7.11. The molecule has 0 saturated heterocycles. The zero-order chi connectivity index (χ0) is 15.4. The van der Waals surface area contributed by atoms with Crippen LogP contribution in [0, 0.1) is 25.2 Å². The number of aryl methyl sites for hydroxylation is 2. The number of nitrogens with zero attached hydrogens (tertiary/aromatic N) is 2. The normalized spacial score (nSPS) is 11.7. The first-order valence-electron chi connectivity index (χ1n) is 6.80. The summed E-state index contributed by atoms with van der Waals surface area (Å²) in [5, 5.41) is 12.8. The second-order valence-corrected chi connectivity index (χ2v) is 6.06. The molecular weight excluding hydrogens is 282 g/mol. The molecule has 0 spiro atoms. The van der Waals surface area contributed by atoms with E-state index in [2.05, 4.69) is 10.3 Å². The van der Waals surface area contributed by atoms with Crippen molar-refractivity contribution in [1.29, 1.82) is 5.26 Å². The fourth-order valence-electron chi connectivity index (χ4n) is 1.96. The summed E-state index contributed by atoms with van der Waals surface area (Å²) in [7, 11) is 0. The first-order valence-corrected chi connectivity index (χ1v) is 7.61. The van der Waals surface area contributed by atoms with Crippen LogP contribution in [0.15, 0.2) is 24.3 Å². The molecule has 1 atom stereocenters. The van der Waals surface area contributed by atoms with Crippen LogP contribution in [0.4, 0.5) is 0 Å². The molecule has 4 nitrogen and oxygen atoms in total. The van der Waals surface area contributed by atoms with Crippen LogP contribution in [0.5, 0.6) is 0 Å². The fraction of sp³-hybridized carbons (Fsp3) is 0.312. The lowest BCUT2D eigenvalue weighted by Crippen LogP contribution is -2.28. The molecule has 1 aromatic carbocycles. The summed E-state index contributed by atoms with van der Waals surface area (Å²) in [6.07, 6.45) is 0.774. The number of carbonyl (C=O) groups excluding carboxylic acids is 1. The van der Waals surface area contributed by atoms with Gasteiger partial charge in [-0.3, -0.25) is 4.79 Å². The summed E-state index contributed by atoms with van der Waals surface area (Å²) in [6, 6.07) is 8.65. The molecule has 0 saturated carbocycles. The maximum atomic E-state index is 12.3. The average molecular weight is 299 g/mol. The molecule has 5 heteroatoms. The minimum absolute atomic E-state index is 0.0966. The minimum Gasteiger partial charge on any atom is -0.343 e. The smallest absolute Gasteiger partial charge is 0.251 e. The monoisotopic (exact) mass is 299 g/mol. The van der Waals surface area contributed by atoms with E-state index in [-0.39, 0.29) is 11.9 Å². The number of nitrogens with one attached hydrogen (secondary N) is 1. The van der Waals surface area contributed by atoms with Gasteiger partial charge in [0.25, 0.3) is 5.91 Å². The van der Waals surface area contributed by atoms with Crippen LogP contribution in [0.1, 0.15) is 50.9 Å². The van der Waals surface area contributed by atoms with Crippen LogP contribution < -0.4 is 5.32 Å². The van der Waals surface area contributed by atoms with Crippen LogP contribution in [-0.4, -0.2) is 10.9 Å². The Morgan fingerprint density at radius 3 is 2.81 bits per heavy atom. The van der Waals surface area contributed by atoms with Gasteiger partial charge in [0.1, 0.15) is 5.01 Å².